The van der Waals surface area contributed by atoms with E-state index >= 15 is 0 Å². The summed E-state index contributed by atoms with van der Waals surface area (Å²) in [5.74, 6) is 1.78. The van der Waals surface area contributed by atoms with Crippen LogP contribution in [0.4, 0.5) is 5.69 Å². The van der Waals surface area contributed by atoms with Crippen molar-refractivity contribution in [2.24, 2.45) is 0 Å². The number of aromatic nitrogens is 2. The molecule has 0 unspecified atom stereocenters. The molecular weight excluding hydrogens is 330 g/mol. The lowest BCUT2D eigenvalue weighted by Crippen LogP contribution is -2.36. The number of ether oxygens (including phenoxy) is 2. The standard InChI is InChI=1S/C20H21N3O3/c1-15-4-2-3-5-18(15)25-14-19-21-22-20(26-19)16-6-8-17(9-7-16)23-10-12-24-13-11-23/h2-9H,10-14H2,1H3. The summed E-state index contributed by atoms with van der Waals surface area (Å²) in [6, 6.07) is 16.0. The highest BCUT2D eigenvalue weighted by Crippen LogP contribution is 2.24. The summed E-state index contributed by atoms with van der Waals surface area (Å²) in [7, 11) is 0. The molecule has 0 aliphatic carbocycles. The van der Waals surface area contributed by atoms with E-state index < -0.39 is 0 Å². The molecule has 1 aliphatic heterocycles. The highest BCUT2D eigenvalue weighted by Gasteiger charge is 2.13. The van der Waals surface area contributed by atoms with Gasteiger partial charge in [-0.05, 0) is 42.8 Å². The summed E-state index contributed by atoms with van der Waals surface area (Å²) < 4.78 is 16.9. The van der Waals surface area contributed by atoms with Crippen molar-refractivity contribution >= 4 is 5.69 Å². The second kappa shape index (κ2) is 7.58. The highest BCUT2D eigenvalue weighted by atomic mass is 16.5. The predicted molar refractivity (Wildman–Crippen MR) is 98.3 cm³/mol. The Morgan fingerprint density at radius 3 is 2.54 bits per heavy atom. The highest BCUT2D eigenvalue weighted by molar-refractivity contribution is 5.59. The first-order chi connectivity index (χ1) is 12.8. The summed E-state index contributed by atoms with van der Waals surface area (Å²) in [6.45, 7) is 5.64. The molecule has 2 aromatic carbocycles. The van der Waals surface area contributed by atoms with E-state index in [1.165, 1.54) is 5.69 Å². The number of nitrogens with zero attached hydrogens (tertiary/aromatic N) is 3. The van der Waals surface area contributed by atoms with Crippen LogP contribution >= 0.6 is 0 Å². The molecule has 4 rings (SSSR count). The quantitative estimate of drug-likeness (QED) is 0.701. The van der Waals surface area contributed by atoms with E-state index in [-0.39, 0.29) is 6.61 Å². The van der Waals surface area contributed by atoms with E-state index in [0.29, 0.717) is 11.8 Å². The van der Waals surface area contributed by atoms with Crippen LogP contribution in [0, 0.1) is 6.92 Å². The van der Waals surface area contributed by atoms with Gasteiger partial charge in [-0.15, -0.1) is 10.2 Å². The number of para-hydroxylation sites is 1. The van der Waals surface area contributed by atoms with Gasteiger partial charge < -0.3 is 18.8 Å². The van der Waals surface area contributed by atoms with Gasteiger partial charge in [0.15, 0.2) is 6.61 Å². The molecular formula is C20H21N3O3. The molecule has 1 saturated heterocycles. The number of anilines is 1. The lowest BCUT2D eigenvalue weighted by molar-refractivity contribution is 0.122. The lowest BCUT2D eigenvalue weighted by atomic mass is 10.2. The van der Waals surface area contributed by atoms with E-state index in [9.17, 15) is 0 Å². The minimum absolute atomic E-state index is 0.254. The molecule has 1 aromatic heterocycles. The van der Waals surface area contributed by atoms with E-state index in [1.54, 1.807) is 0 Å². The molecule has 0 spiro atoms. The van der Waals surface area contributed by atoms with Crippen LogP contribution in [0.1, 0.15) is 11.5 Å². The topological polar surface area (TPSA) is 60.6 Å². The maximum absolute atomic E-state index is 5.76. The van der Waals surface area contributed by atoms with E-state index in [1.807, 2.05) is 43.3 Å². The molecule has 1 aliphatic rings. The zero-order valence-corrected chi connectivity index (χ0v) is 14.7. The van der Waals surface area contributed by atoms with Gasteiger partial charge in [-0.2, -0.15) is 0 Å². The summed E-state index contributed by atoms with van der Waals surface area (Å²) in [4.78, 5) is 2.31. The Hall–Kier alpha value is -2.86. The van der Waals surface area contributed by atoms with Crippen molar-refractivity contribution in [2.75, 3.05) is 31.2 Å². The van der Waals surface area contributed by atoms with E-state index in [2.05, 4.69) is 27.2 Å². The normalized spacial score (nSPS) is 14.4. The van der Waals surface area contributed by atoms with Crippen LogP contribution in [0.25, 0.3) is 11.5 Å². The monoisotopic (exact) mass is 351 g/mol. The Bertz CT molecular complexity index is 855. The first-order valence-corrected chi connectivity index (χ1v) is 8.73. The van der Waals surface area contributed by atoms with Crippen molar-refractivity contribution in [3.8, 4) is 17.2 Å². The summed E-state index contributed by atoms with van der Waals surface area (Å²) in [5.41, 5.74) is 3.15. The zero-order chi connectivity index (χ0) is 17.8. The fourth-order valence-electron chi connectivity index (χ4n) is 2.92. The molecule has 0 bridgehead atoms. The Balaban J connectivity index is 1.41. The largest absolute Gasteiger partial charge is 0.484 e. The first-order valence-electron chi connectivity index (χ1n) is 8.73. The zero-order valence-electron chi connectivity index (χ0n) is 14.7. The molecule has 1 fully saturated rings. The molecule has 6 heteroatoms. The van der Waals surface area contributed by atoms with Crippen LogP contribution in [-0.2, 0) is 11.3 Å². The molecule has 6 nitrogen and oxygen atoms in total. The molecule has 0 saturated carbocycles. The Morgan fingerprint density at radius 2 is 1.77 bits per heavy atom. The van der Waals surface area contributed by atoms with Gasteiger partial charge >= 0.3 is 0 Å². The van der Waals surface area contributed by atoms with Crippen LogP contribution in [0.3, 0.4) is 0 Å². The van der Waals surface area contributed by atoms with Crippen LogP contribution in [-0.4, -0.2) is 36.5 Å². The van der Waals surface area contributed by atoms with Gasteiger partial charge in [-0.25, -0.2) is 0 Å². The van der Waals surface area contributed by atoms with Gasteiger partial charge in [0.05, 0.1) is 13.2 Å². The SMILES string of the molecule is Cc1ccccc1OCc1nnc(-c2ccc(N3CCOCC3)cc2)o1. The Morgan fingerprint density at radius 1 is 1.00 bits per heavy atom. The summed E-state index contributed by atoms with van der Waals surface area (Å²) in [5, 5.41) is 8.21. The maximum atomic E-state index is 5.76. The molecule has 0 radical (unpaired) electrons. The third-order valence-electron chi connectivity index (χ3n) is 4.40. The fraction of sp³-hybridized carbons (Fsp3) is 0.300. The molecule has 0 atom stereocenters. The third kappa shape index (κ3) is 3.70. The Kier molecular flexibility index (Phi) is 4.84. The van der Waals surface area contributed by atoms with Crippen LogP contribution in [0.5, 0.6) is 5.75 Å². The molecule has 0 N–H and O–H groups in total. The van der Waals surface area contributed by atoms with Crippen molar-refractivity contribution in [1.82, 2.24) is 10.2 Å². The minimum atomic E-state index is 0.254. The average Bonchev–Trinajstić information content (AvgIpc) is 3.17. The molecule has 26 heavy (non-hydrogen) atoms. The minimum Gasteiger partial charge on any atom is -0.484 e. The van der Waals surface area contributed by atoms with Crippen molar-refractivity contribution in [2.45, 2.75) is 13.5 Å². The van der Waals surface area contributed by atoms with E-state index in [0.717, 1.165) is 43.2 Å². The van der Waals surface area contributed by atoms with E-state index in [4.69, 9.17) is 13.9 Å². The van der Waals surface area contributed by atoms with Gasteiger partial charge in [0.1, 0.15) is 5.75 Å². The Labute approximate surface area is 152 Å². The number of hydrogen-bond donors (Lipinski definition) is 0. The van der Waals surface area contributed by atoms with Gasteiger partial charge in [-0.3, -0.25) is 0 Å². The maximum Gasteiger partial charge on any atom is 0.254 e. The molecule has 0 amide bonds. The second-order valence-corrected chi connectivity index (χ2v) is 6.20. The van der Waals surface area contributed by atoms with Gasteiger partial charge in [0.25, 0.3) is 5.89 Å². The van der Waals surface area contributed by atoms with Crippen molar-refractivity contribution < 1.29 is 13.9 Å². The third-order valence-corrected chi connectivity index (χ3v) is 4.40. The van der Waals surface area contributed by atoms with Gasteiger partial charge in [0, 0.05) is 24.3 Å². The van der Waals surface area contributed by atoms with Crippen molar-refractivity contribution in [3.05, 3.63) is 60.0 Å². The van der Waals surface area contributed by atoms with Gasteiger partial charge in [-0.1, -0.05) is 18.2 Å². The summed E-state index contributed by atoms with van der Waals surface area (Å²) in [6.07, 6.45) is 0. The number of aryl methyl sites for hydroxylation is 1. The van der Waals surface area contributed by atoms with Crippen LogP contribution in [0.15, 0.2) is 52.9 Å². The number of benzene rings is 2. The first kappa shape index (κ1) is 16.6. The van der Waals surface area contributed by atoms with Crippen molar-refractivity contribution in [3.63, 3.8) is 0 Å². The number of hydrogen-bond acceptors (Lipinski definition) is 6. The van der Waals surface area contributed by atoms with Crippen molar-refractivity contribution in [1.29, 1.82) is 0 Å². The van der Waals surface area contributed by atoms with Gasteiger partial charge in [0.2, 0.25) is 5.89 Å². The average molecular weight is 351 g/mol. The smallest absolute Gasteiger partial charge is 0.254 e. The molecule has 3 aromatic rings. The summed E-state index contributed by atoms with van der Waals surface area (Å²) >= 11 is 0. The number of rotatable bonds is 5. The molecule has 134 valence electrons. The predicted octanol–water partition coefficient (Wildman–Crippen LogP) is 3.46. The van der Waals surface area contributed by atoms with Crippen LogP contribution < -0.4 is 9.64 Å². The second-order valence-electron chi connectivity index (χ2n) is 6.20. The van der Waals surface area contributed by atoms with Crippen LogP contribution in [0.2, 0.25) is 0 Å². The number of morpholine rings is 1. The fourth-order valence-corrected chi connectivity index (χ4v) is 2.92. The lowest BCUT2D eigenvalue weighted by Gasteiger charge is -2.28. The molecule has 2 heterocycles.